The van der Waals surface area contributed by atoms with Gasteiger partial charge in [-0.05, 0) is 94.8 Å². The van der Waals surface area contributed by atoms with Crippen LogP contribution in [0.2, 0.25) is 0 Å². The molecular formula is C42H51FN8O4. The summed E-state index contributed by atoms with van der Waals surface area (Å²) in [7, 11) is 0. The molecule has 0 aliphatic carbocycles. The van der Waals surface area contributed by atoms with Gasteiger partial charge in [-0.3, -0.25) is 29.5 Å². The summed E-state index contributed by atoms with van der Waals surface area (Å²) in [6.07, 6.45) is 8.15. The Hall–Kier alpha value is -4.88. The minimum absolute atomic E-state index is 0.141. The van der Waals surface area contributed by atoms with Gasteiger partial charge in [0.2, 0.25) is 11.8 Å². The first-order valence-corrected chi connectivity index (χ1v) is 19.8. The normalized spacial score (nSPS) is 22.3. The number of carbonyl (C=O) groups excluding carboxylic acids is 3. The lowest BCUT2D eigenvalue weighted by Crippen LogP contribution is -2.52. The second kappa shape index (κ2) is 15.3. The molecule has 290 valence electrons. The molecule has 2 fully saturated rings. The highest BCUT2D eigenvalue weighted by Gasteiger charge is 2.40. The average molecular weight is 751 g/mol. The molecule has 13 heteroatoms. The van der Waals surface area contributed by atoms with Gasteiger partial charge >= 0.3 is 6.01 Å². The summed E-state index contributed by atoms with van der Waals surface area (Å²) in [5.41, 5.74) is 5.69. The molecule has 4 aromatic rings. The van der Waals surface area contributed by atoms with Gasteiger partial charge in [-0.15, -0.1) is 0 Å². The third-order valence-electron chi connectivity index (χ3n) is 11.6. The number of piperidine rings is 1. The van der Waals surface area contributed by atoms with Gasteiger partial charge in [0.25, 0.3) is 5.91 Å². The molecule has 1 unspecified atom stereocenters. The Balaban J connectivity index is 0.786. The van der Waals surface area contributed by atoms with Crippen molar-refractivity contribution in [1.82, 2.24) is 35.0 Å². The standard InChI is InChI=1S/C42H51FN8O4/c1-27-21-33-32-9-5-6-10-34(32)46-37(33)38(51(27)26-42(2,3)43)29-23-44-41(45-24-29)55-20-8-4-7-15-48-16-18-49(19-17-48)30-11-12-31-28(22-30)25-50(40(31)54)35-13-14-36(52)47-39(35)53/h5-6,9-12,22-24,27,35,38,46H,4,7-8,13-21,25-26H2,1-3H3,(H,47,52,53)/t27-,35?,38-/m1/s1. The van der Waals surface area contributed by atoms with Crippen LogP contribution < -0.4 is 15.0 Å². The van der Waals surface area contributed by atoms with Crippen LogP contribution in [-0.4, -0.2) is 111 Å². The van der Waals surface area contributed by atoms with Crippen molar-refractivity contribution in [3.05, 3.63) is 82.8 Å². The van der Waals surface area contributed by atoms with Crippen LogP contribution in [0.15, 0.2) is 54.9 Å². The summed E-state index contributed by atoms with van der Waals surface area (Å²) in [6, 6.07) is 14.0. The van der Waals surface area contributed by atoms with Crippen molar-refractivity contribution in [1.29, 1.82) is 0 Å². The highest BCUT2D eigenvalue weighted by molar-refractivity contribution is 6.05. The minimum Gasteiger partial charge on any atom is -0.463 e. The number of alkyl halides is 1. The zero-order valence-electron chi connectivity index (χ0n) is 32.0. The third-order valence-corrected chi connectivity index (χ3v) is 11.6. The molecule has 0 saturated carbocycles. The predicted octanol–water partition coefficient (Wildman–Crippen LogP) is 5.17. The Bertz CT molecular complexity index is 2050. The molecule has 6 heterocycles. The SMILES string of the molecule is C[C@@H]1Cc2c([nH]c3ccccc23)[C@@H](c2cnc(OCCCCCN3CCN(c4ccc5c(c4)CN(C4CCC(=O)NC4=O)C5=O)CC3)nc2)N1CC(C)(C)F. The molecule has 2 aromatic carbocycles. The highest BCUT2D eigenvalue weighted by Crippen LogP contribution is 2.41. The van der Waals surface area contributed by atoms with Crippen LogP contribution in [0, 0.1) is 0 Å². The monoisotopic (exact) mass is 750 g/mol. The van der Waals surface area contributed by atoms with E-state index in [2.05, 4.69) is 66.2 Å². The van der Waals surface area contributed by atoms with Gasteiger partial charge in [0.1, 0.15) is 11.7 Å². The first kappa shape index (κ1) is 37.1. The maximum atomic E-state index is 15.1. The van der Waals surface area contributed by atoms with Gasteiger partial charge in [0.05, 0.1) is 12.6 Å². The minimum atomic E-state index is -1.35. The molecule has 3 amide bonds. The number of aromatic nitrogens is 3. The van der Waals surface area contributed by atoms with Crippen molar-refractivity contribution in [2.24, 2.45) is 0 Å². The van der Waals surface area contributed by atoms with Gasteiger partial charge in [-0.1, -0.05) is 18.2 Å². The van der Waals surface area contributed by atoms with Crippen molar-refractivity contribution < 1.29 is 23.5 Å². The fraction of sp³-hybridized carbons (Fsp3) is 0.500. The van der Waals surface area contributed by atoms with Crippen LogP contribution in [-0.2, 0) is 22.6 Å². The highest BCUT2D eigenvalue weighted by atomic mass is 19.1. The number of hydrogen-bond acceptors (Lipinski definition) is 9. The predicted molar refractivity (Wildman–Crippen MR) is 208 cm³/mol. The molecule has 8 rings (SSSR count). The van der Waals surface area contributed by atoms with E-state index in [1.807, 2.05) is 30.6 Å². The summed E-state index contributed by atoms with van der Waals surface area (Å²) < 4.78 is 21.0. The summed E-state index contributed by atoms with van der Waals surface area (Å²) in [5, 5.41) is 3.59. The molecule has 4 aliphatic rings. The van der Waals surface area contributed by atoms with Crippen LogP contribution in [0.5, 0.6) is 6.01 Å². The Morgan fingerprint density at radius 3 is 2.53 bits per heavy atom. The number of ether oxygens (including phenoxy) is 1. The maximum Gasteiger partial charge on any atom is 0.316 e. The molecule has 3 atom stereocenters. The van der Waals surface area contributed by atoms with E-state index in [4.69, 9.17) is 4.74 Å². The zero-order chi connectivity index (χ0) is 38.3. The van der Waals surface area contributed by atoms with Crippen LogP contribution in [0.3, 0.4) is 0 Å². The molecule has 2 saturated heterocycles. The van der Waals surface area contributed by atoms with Gasteiger partial charge in [-0.25, -0.2) is 14.4 Å². The topological polar surface area (TPSA) is 127 Å². The number of nitrogens with one attached hydrogen (secondary N) is 2. The first-order valence-electron chi connectivity index (χ1n) is 19.8. The van der Waals surface area contributed by atoms with E-state index in [1.165, 1.54) is 10.9 Å². The first-order chi connectivity index (χ1) is 26.5. The summed E-state index contributed by atoms with van der Waals surface area (Å²) >= 11 is 0. The number of carbonyl (C=O) groups is 3. The Labute approximate surface area is 321 Å². The lowest BCUT2D eigenvalue weighted by atomic mass is 9.88. The largest absolute Gasteiger partial charge is 0.463 e. The third kappa shape index (κ3) is 7.82. The van der Waals surface area contributed by atoms with Crippen molar-refractivity contribution in [2.45, 2.75) is 89.6 Å². The van der Waals surface area contributed by atoms with Gasteiger partial charge in [-0.2, -0.15) is 0 Å². The lowest BCUT2D eigenvalue weighted by molar-refractivity contribution is -0.136. The Morgan fingerprint density at radius 1 is 0.982 bits per heavy atom. The zero-order valence-corrected chi connectivity index (χ0v) is 32.0. The van der Waals surface area contributed by atoms with E-state index in [1.54, 1.807) is 18.7 Å². The average Bonchev–Trinajstić information content (AvgIpc) is 3.69. The van der Waals surface area contributed by atoms with Crippen LogP contribution >= 0.6 is 0 Å². The van der Waals surface area contributed by atoms with Crippen molar-refractivity contribution in [3.63, 3.8) is 0 Å². The number of halogens is 1. The van der Waals surface area contributed by atoms with Crippen molar-refractivity contribution in [2.75, 3.05) is 50.8 Å². The van der Waals surface area contributed by atoms with E-state index in [0.717, 1.165) is 86.4 Å². The number of nitrogens with zero attached hydrogens (tertiary/aromatic N) is 6. The van der Waals surface area contributed by atoms with Gasteiger partial charge in [0, 0.05) is 97.5 Å². The Morgan fingerprint density at radius 2 is 1.76 bits per heavy atom. The molecule has 0 bridgehead atoms. The van der Waals surface area contributed by atoms with Crippen LogP contribution in [0.25, 0.3) is 10.9 Å². The van der Waals surface area contributed by atoms with E-state index < -0.39 is 11.7 Å². The fourth-order valence-electron chi connectivity index (χ4n) is 8.85. The van der Waals surface area contributed by atoms with E-state index in [-0.39, 0.29) is 36.2 Å². The molecule has 2 aromatic heterocycles. The molecule has 0 spiro atoms. The van der Waals surface area contributed by atoms with E-state index in [9.17, 15) is 14.4 Å². The second-order valence-electron chi connectivity index (χ2n) is 16.2. The number of hydrogen-bond donors (Lipinski definition) is 2. The number of unbranched alkanes of at least 4 members (excludes halogenated alkanes) is 2. The number of piperazine rings is 1. The number of fused-ring (bicyclic) bond motifs is 4. The summed E-state index contributed by atoms with van der Waals surface area (Å²) in [5.74, 6) is -0.806. The van der Waals surface area contributed by atoms with Crippen molar-refractivity contribution >= 4 is 34.3 Å². The fourth-order valence-corrected chi connectivity index (χ4v) is 8.85. The number of H-pyrrole nitrogens is 1. The maximum absolute atomic E-state index is 15.1. The molecule has 55 heavy (non-hydrogen) atoms. The summed E-state index contributed by atoms with van der Waals surface area (Å²) in [6.45, 7) is 11.5. The number of imide groups is 1. The number of aromatic amines is 1. The molecule has 4 aliphatic heterocycles. The molecule has 0 radical (unpaired) electrons. The molecule has 2 N–H and O–H groups in total. The Kier molecular flexibility index (Phi) is 10.3. The second-order valence-corrected chi connectivity index (χ2v) is 16.2. The number of benzene rings is 2. The number of amides is 3. The lowest BCUT2D eigenvalue weighted by Gasteiger charge is -2.42. The van der Waals surface area contributed by atoms with Gasteiger partial charge < -0.3 is 19.5 Å². The quantitative estimate of drug-likeness (QED) is 0.149. The molecule has 12 nitrogen and oxygen atoms in total. The summed E-state index contributed by atoms with van der Waals surface area (Å²) in [4.78, 5) is 58.6. The number of rotatable bonds is 12. The van der Waals surface area contributed by atoms with E-state index in [0.29, 0.717) is 37.7 Å². The number of para-hydroxylation sites is 1. The van der Waals surface area contributed by atoms with Crippen LogP contribution in [0.4, 0.5) is 10.1 Å². The smallest absolute Gasteiger partial charge is 0.316 e. The van der Waals surface area contributed by atoms with Crippen LogP contribution in [0.1, 0.15) is 91.7 Å². The van der Waals surface area contributed by atoms with E-state index >= 15 is 4.39 Å². The van der Waals surface area contributed by atoms with Crippen molar-refractivity contribution in [3.8, 4) is 6.01 Å². The number of anilines is 1. The molecular weight excluding hydrogens is 700 g/mol. The van der Waals surface area contributed by atoms with Gasteiger partial charge in [0.15, 0.2) is 0 Å².